The van der Waals surface area contributed by atoms with Gasteiger partial charge in [-0.3, -0.25) is 4.79 Å². The number of benzene rings is 2. The molecule has 1 amide bonds. The Balaban J connectivity index is 1.65. The quantitative estimate of drug-likeness (QED) is 0.554. The largest absolute Gasteiger partial charge is 0.547 e. The zero-order chi connectivity index (χ0) is 21.7. The first-order chi connectivity index (χ1) is 14.2. The van der Waals surface area contributed by atoms with Crippen LogP contribution in [0.4, 0.5) is 13.2 Å². The molecule has 0 bridgehead atoms. The molecule has 1 aliphatic rings. The number of halogens is 3. The lowest BCUT2D eigenvalue weighted by molar-refractivity contribution is -0.144. The van der Waals surface area contributed by atoms with Gasteiger partial charge in [-0.05, 0) is 23.6 Å². The Morgan fingerprint density at radius 3 is 2.60 bits per heavy atom. The van der Waals surface area contributed by atoms with Crippen LogP contribution in [-0.2, 0) is 22.6 Å². The highest BCUT2D eigenvalue weighted by Crippen LogP contribution is 2.31. The molecule has 0 aliphatic carbocycles. The number of alkyl halides is 3. The highest BCUT2D eigenvalue weighted by atomic mass is 19.4. The van der Waals surface area contributed by atoms with E-state index >= 15 is 0 Å². The summed E-state index contributed by atoms with van der Waals surface area (Å²) < 4.78 is 47.5. The Morgan fingerprint density at radius 2 is 1.90 bits per heavy atom. The fourth-order valence-corrected chi connectivity index (χ4v) is 3.04. The molecule has 0 unspecified atom stereocenters. The predicted molar refractivity (Wildman–Crippen MR) is 102 cm³/mol. The summed E-state index contributed by atoms with van der Waals surface area (Å²) in [7, 11) is -1.52. The van der Waals surface area contributed by atoms with Crippen molar-refractivity contribution >= 4 is 19.0 Å². The van der Waals surface area contributed by atoms with Gasteiger partial charge in [0.15, 0.2) is 0 Å². The van der Waals surface area contributed by atoms with Crippen molar-refractivity contribution in [3.8, 4) is 5.75 Å². The number of ether oxygens (including phenoxy) is 1. The fraction of sp³-hybridized carbons (Fsp3) is 0.300. The second kappa shape index (κ2) is 9.21. The second-order valence-corrected chi connectivity index (χ2v) is 6.86. The van der Waals surface area contributed by atoms with E-state index in [2.05, 4.69) is 5.32 Å². The van der Waals surface area contributed by atoms with E-state index < -0.39 is 44.0 Å². The van der Waals surface area contributed by atoms with Crippen LogP contribution >= 0.6 is 0 Å². The number of hydrogen-bond acceptors (Lipinski definition) is 5. The SMILES string of the molecule is O=C(CCC(F)(F)F)N[C@H]1Cc2cccc(C(=O)OCc3ccccc3)c2OB1O. The molecule has 1 heterocycles. The van der Waals surface area contributed by atoms with Crippen LogP contribution in [0.1, 0.15) is 34.3 Å². The van der Waals surface area contributed by atoms with Crippen molar-refractivity contribution in [3.05, 3.63) is 65.2 Å². The number of fused-ring (bicyclic) bond motifs is 1. The van der Waals surface area contributed by atoms with Crippen molar-refractivity contribution in [2.75, 3.05) is 0 Å². The van der Waals surface area contributed by atoms with Gasteiger partial charge in [0.25, 0.3) is 0 Å². The topological polar surface area (TPSA) is 84.9 Å². The molecule has 6 nitrogen and oxygen atoms in total. The van der Waals surface area contributed by atoms with E-state index in [1.54, 1.807) is 24.3 Å². The van der Waals surface area contributed by atoms with Gasteiger partial charge in [-0.1, -0.05) is 42.5 Å². The van der Waals surface area contributed by atoms with E-state index in [0.717, 1.165) is 5.56 Å². The van der Waals surface area contributed by atoms with Crippen LogP contribution in [0.15, 0.2) is 48.5 Å². The smallest absolute Gasteiger partial charge is 0.534 e. The molecule has 2 aromatic rings. The molecule has 1 atom stereocenters. The summed E-state index contributed by atoms with van der Waals surface area (Å²) in [4.78, 5) is 24.2. The van der Waals surface area contributed by atoms with E-state index in [-0.39, 0.29) is 24.3 Å². The van der Waals surface area contributed by atoms with Crippen LogP contribution in [-0.4, -0.2) is 36.1 Å². The normalized spacial score (nSPS) is 15.7. The van der Waals surface area contributed by atoms with Crippen LogP contribution < -0.4 is 9.97 Å². The summed E-state index contributed by atoms with van der Waals surface area (Å²) in [6, 6.07) is 13.8. The van der Waals surface area contributed by atoms with Crippen molar-refractivity contribution in [3.63, 3.8) is 0 Å². The van der Waals surface area contributed by atoms with Gasteiger partial charge < -0.3 is 19.7 Å². The Kier molecular flexibility index (Phi) is 6.66. The maximum absolute atomic E-state index is 12.5. The number of rotatable bonds is 6. The first-order valence-electron chi connectivity index (χ1n) is 9.27. The van der Waals surface area contributed by atoms with Gasteiger partial charge in [0.1, 0.15) is 17.9 Å². The number of amides is 1. The summed E-state index contributed by atoms with van der Waals surface area (Å²) >= 11 is 0. The molecule has 0 aromatic heterocycles. The molecule has 0 saturated heterocycles. The van der Waals surface area contributed by atoms with Crippen LogP contribution in [0.2, 0.25) is 0 Å². The lowest BCUT2D eigenvalue weighted by Crippen LogP contribution is -2.53. The van der Waals surface area contributed by atoms with Crippen molar-refractivity contribution in [1.29, 1.82) is 0 Å². The van der Waals surface area contributed by atoms with Gasteiger partial charge >= 0.3 is 19.3 Å². The summed E-state index contributed by atoms with van der Waals surface area (Å²) in [5.41, 5.74) is 1.44. The molecule has 1 aliphatic heterocycles. The maximum atomic E-state index is 12.5. The molecule has 3 rings (SSSR count). The molecule has 10 heteroatoms. The highest BCUT2D eigenvalue weighted by Gasteiger charge is 2.38. The van der Waals surface area contributed by atoms with Crippen LogP contribution in [0, 0.1) is 0 Å². The Bertz CT molecular complexity index is 907. The van der Waals surface area contributed by atoms with E-state index in [9.17, 15) is 27.8 Å². The summed E-state index contributed by atoms with van der Waals surface area (Å²) in [5, 5.41) is 12.5. The third-order valence-electron chi connectivity index (χ3n) is 4.53. The van der Waals surface area contributed by atoms with Crippen molar-refractivity contribution < 1.29 is 37.2 Å². The molecule has 0 radical (unpaired) electrons. The average Bonchev–Trinajstić information content (AvgIpc) is 2.71. The minimum absolute atomic E-state index is 0.0593. The molecule has 0 fully saturated rings. The van der Waals surface area contributed by atoms with E-state index in [1.807, 2.05) is 18.2 Å². The molecular formula is C20H19BF3NO5. The first kappa shape index (κ1) is 21.7. The number of nitrogens with one attached hydrogen (secondary N) is 1. The third kappa shape index (κ3) is 5.76. The van der Waals surface area contributed by atoms with Gasteiger partial charge in [-0.25, -0.2) is 4.79 Å². The Labute approximate surface area is 171 Å². The summed E-state index contributed by atoms with van der Waals surface area (Å²) in [5.74, 6) is -2.30. The van der Waals surface area contributed by atoms with Crippen molar-refractivity contribution in [1.82, 2.24) is 5.32 Å². The van der Waals surface area contributed by atoms with Crippen LogP contribution in [0.25, 0.3) is 0 Å². The number of para-hydroxylation sites is 1. The van der Waals surface area contributed by atoms with Gasteiger partial charge in [-0.2, -0.15) is 13.2 Å². The van der Waals surface area contributed by atoms with Gasteiger partial charge in [0, 0.05) is 6.42 Å². The molecule has 30 heavy (non-hydrogen) atoms. The fourth-order valence-electron chi connectivity index (χ4n) is 3.04. The molecule has 0 spiro atoms. The van der Waals surface area contributed by atoms with Crippen molar-refractivity contribution in [2.24, 2.45) is 0 Å². The predicted octanol–water partition coefficient (Wildman–Crippen LogP) is 2.83. The lowest BCUT2D eigenvalue weighted by Gasteiger charge is -2.29. The van der Waals surface area contributed by atoms with Crippen LogP contribution in [0.3, 0.4) is 0 Å². The summed E-state index contributed by atoms with van der Waals surface area (Å²) in [6.45, 7) is 0.0593. The first-order valence-corrected chi connectivity index (χ1v) is 9.27. The van der Waals surface area contributed by atoms with E-state index in [4.69, 9.17) is 9.39 Å². The van der Waals surface area contributed by atoms with Crippen molar-refractivity contribution in [2.45, 2.75) is 38.0 Å². The van der Waals surface area contributed by atoms with Gasteiger partial charge in [0.2, 0.25) is 5.91 Å². The molecule has 158 valence electrons. The maximum Gasteiger partial charge on any atom is 0.547 e. The number of carbonyl (C=O) groups is 2. The minimum atomic E-state index is -4.44. The number of esters is 1. The Morgan fingerprint density at radius 1 is 1.17 bits per heavy atom. The number of hydrogen-bond donors (Lipinski definition) is 2. The molecule has 0 saturated carbocycles. The monoisotopic (exact) mass is 421 g/mol. The second-order valence-electron chi connectivity index (χ2n) is 6.86. The minimum Gasteiger partial charge on any atom is -0.534 e. The molecule has 2 aromatic carbocycles. The lowest BCUT2D eigenvalue weighted by atomic mass is 9.72. The standard InChI is InChI=1S/C20H19BF3NO5/c22-20(23,24)10-9-17(26)25-16-11-14-7-4-8-15(18(14)30-21(16)28)19(27)29-12-13-5-2-1-3-6-13/h1-8,16,28H,9-12H2,(H,25,26)/t16-/m0/s1. The van der Waals surface area contributed by atoms with Gasteiger partial charge in [0.05, 0.1) is 12.4 Å². The molecule has 2 N–H and O–H groups in total. The van der Waals surface area contributed by atoms with Crippen LogP contribution in [0.5, 0.6) is 5.75 Å². The zero-order valence-corrected chi connectivity index (χ0v) is 15.8. The van der Waals surface area contributed by atoms with E-state index in [1.165, 1.54) is 6.07 Å². The van der Waals surface area contributed by atoms with E-state index in [0.29, 0.717) is 5.56 Å². The Hall–Kier alpha value is -3.01. The summed E-state index contributed by atoms with van der Waals surface area (Å²) in [6.07, 6.45) is -6.35. The highest BCUT2D eigenvalue weighted by molar-refractivity contribution is 6.47. The molecular weight excluding hydrogens is 402 g/mol. The number of carbonyl (C=O) groups excluding carboxylic acids is 2. The van der Waals surface area contributed by atoms with Gasteiger partial charge in [-0.15, -0.1) is 0 Å². The average molecular weight is 421 g/mol. The third-order valence-corrected chi connectivity index (χ3v) is 4.53. The zero-order valence-electron chi connectivity index (χ0n) is 15.8.